The lowest BCUT2D eigenvalue weighted by Crippen LogP contribution is -2.54. The Bertz CT molecular complexity index is 795. The minimum atomic E-state index is -1.41. The Morgan fingerprint density at radius 3 is 2.61 bits per heavy atom. The van der Waals surface area contributed by atoms with Crippen LogP contribution < -0.4 is 16.4 Å². The van der Waals surface area contributed by atoms with E-state index in [1.54, 1.807) is 42.7 Å². The number of amides is 2. The number of rotatable bonds is 8. The van der Waals surface area contributed by atoms with Gasteiger partial charge in [-0.15, -0.1) is 0 Å². The summed E-state index contributed by atoms with van der Waals surface area (Å²) in [6.07, 6.45) is 4.26. The van der Waals surface area contributed by atoms with Crippen molar-refractivity contribution in [1.29, 1.82) is 0 Å². The first kappa shape index (κ1) is 19.9. The molecule has 1 aliphatic rings. The van der Waals surface area contributed by atoms with Crippen molar-refractivity contribution in [2.75, 3.05) is 13.1 Å². The Morgan fingerprint density at radius 2 is 1.96 bits per heavy atom. The number of aromatic nitrogens is 1. The molecule has 0 saturated heterocycles. The maximum absolute atomic E-state index is 14.6. The molecule has 1 saturated carbocycles. The minimum Gasteiger partial charge on any atom is -0.351 e. The molecule has 1 aromatic carbocycles. The lowest BCUT2D eigenvalue weighted by molar-refractivity contribution is -0.124. The van der Waals surface area contributed by atoms with Crippen LogP contribution in [0.25, 0.3) is 0 Å². The average Bonchev–Trinajstić information content (AvgIpc) is 2.70. The molecule has 4 N–H and O–H groups in total. The maximum Gasteiger partial charge on any atom is 0.251 e. The number of nitrogens with two attached hydrogens (primary N) is 1. The number of halogens is 1. The van der Waals surface area contributed by atoms with Gasteiger partial charge in [0.05, 0.1) is 6.54 Å². The highest BCUT2D eigenvalue weighted by Crippen LogP contribution is 2.40. The predicted molar refractivity (Wildman–Crippen MR) is 104 cm³/mol. The normalized spacial score (nSPS) is 22.0. The fraction of sp³-hybridized carbons (Fsp3) is 0.381. The number of pyridine rings is 1. The lowest BCUT2D eigenvalue weighted by Gasteiger charge is -2.41. The van der Waals surface area contributed by atoms with Gasteiger partial charge in [0.1, 0.15) is 11.7 Å². The van der Waals surface area contributed by atoms with Crippen LogP contribution in [0.2, 0.25) is 0 Å². The number of nitrogens with one attached hydrogen (secondary N) is 2. The zero-order valence-electron chi connectivity index (χ0n) is 15.6. The van der Waals surface area contributed by atoms with E-state index < -0.39 is 17.6 Å². The van der Waals surface area contributed by atoms with Gasteiger partial charge in [0, 0.05) is 24.4 Å². The Kier molecular flexibility index (Phi) is 6.36. The van der Waals surface area contributed by atoms with E-state index in [2.05, 4.69) is 15.6 Å². The van der Waals surface area contributed by atoms with Gasteiger partial charge in [-0.3, -0.25) is 14.6 Å². The zero-order chi connectivity index (χ0) is 20.0. The van der Waals surface area contributed by atoms with Gasteiger partial charge in [-0.2, -0.15) is 0 Å². The first-order chi connectivity index (χ1) is 13.5. The molecular weight excluding hydrogens is 359 g/mol. The van der Waals surface area contributed by atoms with Crippen molar-refractivity contribution < 1.29 is 14.0 Å². The highest BCUT2D eigenvalue weighted by molar-refractivity contribution is 5.97. The molecule has 6 nitrogen and oxygen atoms in total. The molecule has 1 aliphatic carbocycles. The molecule has 28 heavy (non-hydrogen) atoms. The molecule has 2 amide bonds. The van der Waals surface area contributed by atoms with Crippen LogP contribution in [0.3, 0.4) is 0 Å². The van der Waals surface area contributed by atoms with E-state index in [1.807, 2.05) is 12.1 Å². The van der Waals surface area contributed by atoms with Gasteiger partial charge in [0.15, 0.2) is 0 Å². The molecule has 0 bridgehead atoms. The molecule has 1 aromatic heterocycles. The molecule has 0 aliphatic heterocycles. The third-order valence-corrected chi connectivity index (χ3v) is 5.04. The summed E-state index contributed by atoms with van der Waals surface area (Å²) in [4.78, 5) is 29.3. The van der Waals surface area contributed by atoms with Crippen LogP contribution in [0.4, 0.5) is 4.39 Å². The molecule has 1 fully saturated rings. The fourth-order valence-electron chi connectivity index (χ4n) is 3.45. The number of benzene rings is 1. The van der Waals surface area contributed by atoms with Crippen LogP contribution in [0, 0.1) is 5.92 Å². The number of nitrogens with zero attached hydrogens (tertiary/aromatic N) is 1. The molecule has 2 aromatic rings. The monoisotopic (exact) mass is 384 g/mol. The third kappa shape index (κ3) is 5.13. The van der Waals surface area contributed by atoms with Gasteiger partial charge < -0.3 is 16.4 Å². The SMILES string of the molecule is NCC1CC(F)(CNC(=O)C(Cc2cccnc2)NC(=O)c2ccccc2)C1. The third-order valence-electron chi connectivity index (χ3n) is 5.04. The van der Waals surface area contributed by atoms with E-state index >= 15 is 0 Å². The first-order valence-electron chi connectivity index (χ1n) is 9.40. The second-order valence-corrected chi connectivity index (χ2v) is 7.34. The van der Waals surface area contributed by atoms with E-state index in [0.29, 0.717) is 24.9 Å². The van der Waals surface area contributed by atoms with Crippen molar-refractivity contribution >= 4 is 11.8 Å². The van der Waals surface area contributed by atoms with Crippen LogP contribution in [-0.2, 0) is 11.2 Å². The summed E-state index contributed by atoms with van der Waals surface area (Å²) in [7, 11) is 0. The Hall–Kier alpha value is -2.80. The molecule has 3 rings (SSSR count). The number of hydrogen-bond donors (Lipinski definition) is 3. The first-order valence-corrected chi connectivity index (χ1v) is 9.40. The van der Waals surface area contributed by atoms with E-state index in [0.717, 1.165) is 5.56 Å². The summed E-state index contributed by atoms with van der Waals surface area (Å²) in [5, 5.41) is 5.41. The zero-order valence-corrected chi connectivity index (χ0v) is 15.6. The van der Waals surface area contributed by atoms with Crippen LogP contribution in [0.15, 0.2) is 54.9 Å². The molecule has 1 atom stereocenters. The molecule has 148 valence electrons. The number of hydrogen-bond acceptors (Lipinski definition) is 4. The van der Waals surface area contributed by atoms with Crippen LogP contribution >= 0.6 is 0 Å². The number of carbonyl (C=O) groups is 2. The summed E-state index contributed by atoms with van der Waals surface area (Å²) in [5.41, 5.74) is 5.39. The summed E-state index contributed by atoms with van der Waals surface area (Å²) in [6.45, 7) is 0.378. The number of alkyl halides is 1. The summed E-state index contributed by atoms with van der Waals surface area (Å²) in [5.74, 6) is -0.598. The quantitative estimate of drug-likeness (QED) is 0.644. The minimum absolute atomic E-state index is 0.0763. The maximum atomic E-state index is 14.6. The lowest BCUT2D eigenvalue weighted by atomic mass is 9.72. The van der Waals surface area contributed by atoms with Crippen molar-refractivity contribution in [1.82, 2.24) is 15.6 Å². The smallest absolute Gasteiger partial charge is 0.251 e. The number of carbonyl (C=O) groups excluding carboxylic acids is 2. The fourth-order valence-corrected chi connectivity index (χ4v) is 3.45. The molecule has 0 radical (unpaired) electrons. The molecule has 1 unspecified atom stereocenters. The molecule has 1 heterocycles. The largest absolute Gasteiger partial charge is 0.351 e. The average molecular weight is 384 g/mol. The van der Waals surface area contributed by atoms with Crippen molar-refractivity contribution in [3.8, 4) is 0 Å². The summed E-state index contributed by atoms with van der Waals surface area (Å²) < 4.78 is 14.6. The molecule has 7 heteroatoms. The summed E-state index contributed by atoms with van der Waals surface area (Å²) in [6, 6.07) is 11.4. The van der Waals surface area contributed by atoms with Crippen molar-refractivity contribution in [2.24, 2.45) is 11.7 Å². The van der Waals surface area contributed by atoms with Crippen molar-refractivity contribution in [3.05, 3.63) is 66.0 Å². The van der Waals surface area contributed by atoms with Gasteiger partial charge in [-0.25, -0.2) is 4.39 Å². The predicted octanol–water partition coefficient (Wildman–Crippen LogP) is 1.62. The van der Waals surface area contributed by atoms with Gasteiger partial charge >= 0.3 is 0 Å². The second kappa shape index (κ2) is 8.93. The topological polar surface area (TPSA) is 97.1 Å². The van der Waals surface area contributed by atoms with Gasteiger partial charge in [-0.1, -0.05) is 24.3 Å². The van der Waals surface area contributed by atoms with Crippen molar-refractivity contribution in [3.63, 3.8) is 0 Å². The van der Waals surface area contributed by atoms with E-state index in [4.69, 9.17) is 5.73 Å². The van der Waals surface area contributed by atoms with Crippen LogP contribution in [-0.4, -0.2) is 41.6 Å². The summed E-state index contributed by atoms with van der Waals surface area (Å²) >= 11 is 0. The Labute approximate surface area is 163 Å². The van der Waals surface area contributed by atoms with Crippen LogP contribution in [0.1, 0.15) is 28.8 Å². The highest BCUT2D eigenvalue weighted by Gasteiger charge is 2.44. The van der Waals surface area contributed by atoms with Gasteiger partial charge in [-0.05, 0) is 49.1 Å². The van der Waals surface area contributed by atoms with Crippen LogP contribution in [0.5, 0.6) is 0 Å². The van der Waals surface area contributed by atoms with Gasteiger partial charge in [0.25, 0.3) is 5.91 Å². The van der Waals surface area contributed by atoms with Gasteiger partial charge in [0.2, 0.25) is 5.91 Å². The second-order valence-electron chi connectivity index (χ2n) is 7.34. The standard InChI is InChI=1S/C21H25FN4O2/c22-21(10-16(11-21)12-23)14-25-20(28)18(9-15-5-4-8-24-13-15)26-19(27)17-6-2-1-3-7-17/h1-8,13,16,18H,9-12,14,23H2,(H,25,28)(H,26,27). The highest BCUT2D eigenvalue weighted by atomic mass is 19.1. The van der Waals surface area contributed by atoms with E-state index in [9.17, 15) is 14.0 Å². The molecule has 0 spiro atoms. The van der Waals surface area contributed by atoms with Crippen molar-refractivity contribution in [2.45, 2.75) is 31.0 Å². The Morgan fingerprint density at radius 1 is 1.21 bits per heavy atom. The molecular formula is C21H25FN4O2. The van der Waals surface area contributed by atoms with E-state index in [-0.39, 0.29) is 24.8 Å². The Balaban J connectivity index is 1.65. The van der Waals surface area contributed by atoms with E-state index in [1.165, 1.54) is 0 Å².